The molecule has 0 saturated carbocycles. The van der Waals surface area contributed by atoms with Crippen LogP contribution in [0.5, 0.6) is 0 Å². The first-order valence-corrected chi connectivity index (χ1v) is 8.09. The maximum Gasteiger partial charge on any atom is 0.292 e. The fourth-order valence-corrected chi connectivity index (χ4v) is 2.59. The van der Waals surface area contributed by atoms with Gasteiger partial charge in [0.05, 0.1) is 22.1 Å². The number of benzene rings is 2. The highest BCUT2D eigenvalue weighted by Crippen LogP contribution is 2.15. The van der Waals surface area contributed by atoms with Crippen LogP contribution in [-0.2, 0) is 6.54 Å². The molecule has 0 aliphatic carbocycles. The molecule has 1 N–H and O–H groups in total. The Hall–Kier alpha value is -3.88. The first-order chi connectivity index (χ1) is 13.0. The van der Waals surface area contributed by atoms with Gasteiger partial charge in [-0.1, -0.05) is 30.3 Å². The van der Waals surface area contributed by atoms with Gasteiger partial charge in [0, 0.05) is 18.0 Å². The van der Waals surface area contributed by atoms with Crippen molar-refractivity contribution < 1.29 is 9.72 Å². The molecule has 2 aromatic carbocycles. The van der Waals surface area contributed by atoms with Gasteiger partial charge in [-0.2, -0.15) is 10.2 Å². The number of fused-ring (bicyclic) bond motifs is 1. The first-order valence-electron chi connectivity index (χ1n) is 8.09. The SMILES string of the molecule is CCn1nc(C(=O)N/N=C\c2ccccc2[N+](=O)[O-])c2ccccc2c1=O. The predicted molar refractivity (Wildman–Crippen MR) is 99.8 cm³/mol. The Labute approximate surface area is 153 Å². The van der Waals surface area contributed by atoms with Gasteiger partial charge < -0.3 is 0 Å². The lowest BCUT2D eigenvalue weighted by molar-refractivity contribution is -0.385. The molecule has 9 nitrogen and oxygen atoms in total. The second-order valence-corrected chi connectivity index (χ2v) is 5.53. The molecule has 0 aliphatic heterocycles. The maximum atomic E-state index is 12.5. The number of hydrazone groups is 1. The molecule has 1 aromatic heterocycles. The summed E-state index contributed by atoms with van der Waals surface area (Å²) in [6.45, 7) is 2.06. The number of amides is 1. The van der Waals surface area contributed by atoms with Crippen LogP contribution in [0.1, 0.15) is 23.0 Å². The van der Waals surface area contributed by atoms with Crippen LogP contribution in [0.3, 0.4) is 0 Å². The van der Waals surface area contributed by atoms with Crippen molar-refractivity contribution in [3.8, 4) is 0 Å². The number of carbonyl (C=O) groups is 1. The molecule has 0 saturated heterocycles. The molecule has 9 heteroatoms. The molecule has 0 bridgehead atoms. The number of para-hydroxylation sites is 1. The van der Waals surface area contributed by atoms with Crippen molar-refractivity contribution in [3.63, 3.8) is 0 Å². The Morgan fingerprint density at radius 2 is 1.89 bits per heavy atom. The average molecular weight is 365 g/mol. The van der Waals surface area contributed by atoms with Gasteiger partial charge >= 0.3 is 0 Å². The summed E-state index contributed by atoms with van der Waals surface area (Å²) in [5.41, 5.74) is 2.19. The van der Waals surface area contributed by atoms with Crippen LogP contribution in [0.15, 0.2) is 58.4 Å². The van der Waals surface area contributed by atoms with Crippen LogP contribution in [0.25, 0.3) is 10.8 Å². The summed E-state index contributed by atoms with van der Waals surface area (Å²) >= 11 is 0. The molecule has 0 spiro atoms. The van der Waals surface area contributed by atoms with Crippen molar-refractivity contribution in [2.45, 2.75) is 13.5 Å². The maximum absolute atomic E-state index is 12.5. The van der Waals surface area contributed by atoms with E-state index < -0.39 is 10.8 Å². The van der Waals surface area contributed by atoms with Crippen LogP contribution in [-0.4, -0.2) is 26.8 Å². The molecule has 0 radical (unpaired) electrons. The third-order valence-electron chi connectivity index (χ3n) is 3.89. The van der Waals surface area contributed by atoms with E-state index in [0.29, 0.717) is 17.3 Å². The molecular weight excluding hydrogens is 350 g/mol. The average Bonchev–Trinajstić information content (AvgIpc) is 2.68. The zero-order chi connectivity index (χ0) is 19.4. The number of nitrogens with zero attached hydrogens (tertiary/aromatic N) is 4. The summed E-state index contributed by atoms with van der Waals surface area (Å²) in [6.07, 6.45) is 1.19. The summed E-state index contributed by atoms with van der Waals surface area (Å²) in [5, 5.41) is 19.7. The second-order valence-electron chi connectivity index (χ2n) is 5.53. The molecule has 0 fully saturated rings. The normalized spacial score (nSPS) is 11.0. The summed E-state index contributed by atoms with van der Waals surface area (Å²) < 4.78 is 1.20. The predicted octanol–water partition coefficient (Wildman–Crippen LogP) is 2.09. The highest BCUT2D eigenvalue weighted by Gasteiger charge is 2.16. The van der Waals surface area contributed by atoms with E-state index in [0.717, 1.165) is 0 Å². The van der Waals surface area contributed by atoms with Crippen LogP contribution in [0.4, 0.5) is 5.69 Å². The number of nitro benzene ring substituents is 1. The molecule has 136 valence electrons. The fourth-order valence-electron chi connectivity index (χ4n) is 2.59. The smallest absolute Gasteiger partial charge is 0.267 e. The molecule has 1 heterocycles. The lowest BCUT2D eigenvalue weighted by atomic mass is 10.1. The number of aromatic nitrogens is 2. The van der Waals surface area contributed by atoms with Gasteiger partial charge in [0.1, 0.15) is 0 Å². The van der Waals surface area contributed by atoms with E-state index in [1.54, 1.807) is 37.3 Å². The van der Waals surface area contributed by atoms with E-state index in [9.17, 15) is 19.7 Å². The quantitative estimate of drug-likeness (QED) is 0.422. The molecule has 3 aromatic rings. The summed E-state index contributed by atoms with van der Waals surface area (Å²) in [4.78, 5) is 35.3. The zero-order valence-corrected chi connectivity index (χ0v) is 14.3. The minimum atomic E-state index is -0.622. The van der Waals surface area contributed by atoms with E-state index in [1.165, 1.54) is 29.1 Å². The van der Waals surface area contributed by atoms with E-state index in [4.69, 9.17) is 0 Å². The Bertz CT molecular complexity index is 1120. The monoisotopic (exact) mass is 365 g/mol. The van der Waals surface area contributed by atoms with Gasteiger partial charge in [-0.25, -0.2) is 10.1 Å². The van der Waals surface area contributed by atoms with Crippen molar-refractivity contribution in [2.75, 3.05) is 0 Å². The number of hydrogen-bond acceptors (Lipinski definition) is 6. The minimum absolute atomic E-state index is 0.0479. The molecule has 1 amide bonds. The van der Waals surface area contributed by atoms with Gasteiger partial charge in [0.25, 0.3) is 17.2 Å². The lowest BCUT2D eigenvalue weighted by Gasteiger charge is -2.08. The standard InChI is InChI=1S/C18H15N5O4/c1-2-22-18(25)14-9-5-4-8-13(14)16(21-22)17(24)20-19-11-12-7-3-6-10-15(12)23(26)27/h3-11H,2H2,1H3,(H,20,24)/b19-11-. The molecule has 0 atom stereocenters. The van der Waals surface area contributed by atoms with Crippen molar-refractivity contribution >= 4 is 28.6 Å². The van der Waals surface area contributed by atoms with Crippen LogP contribution in [0, 0.1) is 10.1 Å². The number of aryl methyl sites for hydroxylation is 1. The Kier molecular flexibility index (Phi) is 5.02. The molecular formula is C18H15N5O4. The summed E-state index contributed by atoms with van der Waals surface area (Å²) in [5.74, 6) is -0.622. The Balaban J connectivity index is 1.93. The third kappa shape index (κ3) is 3.56. The third-order valence-corrected chi connectivity index (χ3v) is 3.89. The van der Waals surface area contributed by atoms with Crippen LogP contribution >= 0.6 is 0 Å². The van der Waals surface area contributed by atoms with E-state index in [1.807, 2.05) is 0 Å². The zero-order valence-electron chi connectivity index (χ0n) is 14.3. The fraction of sp³-hybridized carbons (Fsp3) is 0.111. The largest absolute Gasteiger partial charge is 0.292 e. The Morgan fingerprint density at radius 1 is 1.22 bits per heavy atom. The molecule has 0 aliphatic rings. The van der Waals surface area contributed by atoms with Crippen LogP contribution in [0.2, 0.25) is 0 Å². The van der Waals surface area contributed by atoms with E-state index in [-0.39, 0.29) is 22.5 Å². The molecule has 0 unspecified atom stereocenters. The summed E-state index contributed by atoms with van der Waals surface area (Å²) in [6, 6.07) is 12.7. The van der Waals surface area contributed by atoms with Gasteiger partial charge in [-0.05, 0) is 19.1 Å². The molecule has 3 rings (SSSR count). The lowest BCUT2D eigenvalue weighted by Crippen LogP contribution is -2.28. The van der Waals surface area contributed by atoms with Gasteiger partial charge in [-0.3, -0.25) is 19.7 Å². The van der Waals surface area contributed by atoms with Crippen molar-refractivity contribution in [1.29, 1.82) is 0 Å². The summed E-state index contributed by atoms with van der Waals surface area (Å²) in [7, 11) is 0. The number of carbonyl (C=O) groups excluding carboxylic acids is 1. The topological polar surface area (TPSA) is 119 Å². The first kappa shape index (κ1) is 17.9. The van der Waals surface area contributed by atoms with Gasteiger partial charge in [-0.15, -0.1) is 0 Å². The van der Waals surface area contributed by atoms with Crippen LogP contribution < -0.4 is 11.0 Å². The van der Waals surface area contributed by atoms with Crippen molar-refractivity contribution in [1.82, 2.24) is 15.2 Å². The Morgan fingerprint density at radius 3 is 2.59 bits per heavy atom. The number of rotatable bonds is 5. The molecule has 27 heavy (non-hydrogen) atoms. The number of nitro groups is 1. The van der Waals surface area contributed by atoms with E-state index in [2.05, 4.69) is 15.6 Å². The second kappa shape index (κ2) is 7.56. The minimum Gasteiger partial charge on any atom is -0.267 e. The highest BCUT2D eigenvalue weighted by atomic mass is 16.6. The number of hydrogen-bond donors (Lipinski definition) is 1. The van der Waals surface area contributed by atoms with E-state index >= 15 is 0 Å². The van der Waals surface area contributed by atoms with Crippen molar-refractivity contribution in [3.05, 3.63) is 80.3 Å². The van der Waals surface area contributed by atoms with Gasteiger partial charge in [0.2, 0.25) is 0 Å². The number of nitrogens with one attached hydrogen (secondary N) is 1. The van der Waals surface area contributed by atoms with Gasteiger partial charge in [0.15, 0.2) is 5.69 Å². The van der Waals surface area contributed by atoms with Crippen molar-refractivity contribution in [2.24, 2.45) is 5.10 Å². The highest BCUT2D eigenvalue weighted by molar-refractivity contribution is 6.05.